The third-order valence-electron chi connectivity index (χ3n) is 12.3. The summed E-state index contributed by atoms with van der Waals surface area (Å²) in [7, 11) is 0. The number of aliphatic hydroxyl groups is 1. The van der Waals surface area contributed by atoms with Crippen LogP contribution >= 0.6 is 0 Å². The lowest BCUT2D eigenvalue weighted by Gasteiger charge is -2.41. The topological polar surface area (TPSA) is 361 Å². The Hall–Kier alpha value is -8.88. The van der Waals surface area contributed by atoms with Crippen molar-refractivity contribution in [3.63, 3.8) is 0 Å². The third kappa shape index (κ3) is 18.9. The molecule has 4 rings (SSSR count). The number of halogens is 2. The summed E-state index contributed by atoms with van der Waals surface area (Å²) in [6.45, 7) is 5.95. The first-order valence-corrected chi connectivity index (χ1v) is 25.2. The lowest BCUT2D eigenvalue weighted by Crippen LogP contribution is -2.58. The van der Waals surface area contributed by atoms with Crippen molar-refractivity contribution >= 4 is 71.0 Å². The highest BCUT2D eigenvalue weighted by molar-refractivity contribution is 6.14. The van der Waals surface area contributed by atoms with Gasteiger partial charge in [0, 0.05) is 74.7 Å². The molecule has 2 heterocycles. The van der Waals surface area contributed by atoms with Crippen LogP contribution in [0.4, 0.5) is 8.78 Å². The van der Waals surface area contributed by atoms with E-state index < -0.39 is 183 Å². The molecule has 0 bridgehead atoms. The molecule has 10 N–H and O–H groups in total. The van der Waals surface area contributed by atoms with Gasteiger partial charge in [0.25, 0.3) is 11.8 Å². The number of benzene rings is 2. The van der Waals surface area contributed by atoms with Gasteiger partial charge >= 0.3 is 11.9 Å². The maximum atomic E-state index is 15.4. The number of carbonyl (C=O) groups excluding carboxylic acids is 10. The van der Waals surface area contributed by atoms with Gasteiger partial charge in [0.1, 0.15) is 55.0 Å². The largest absolute Gasteiger partial charge is 0.481 e. The summed E-state index contributed by atoms with van der Waals surface area (Å²) in [5.41, 5.74) is 0.296. The van der Waals surface area contributed by atoms with Crippen LogP contribution in [-0.4, -0.2) is 164 Å². The quantitative estimate of drug-likeness (QED) is 0.0317. The lowest BCUT2D eigenvalue weighted by atomic mass is 9.82. The molecular formula is C53H66F2N10O15. The van der Waals surface area contributed by atoms with Gasteiger partial charge in [0.15, 0.2) is 0 Å². The van der Waals surface area contributed by atoms with Crippen LogP contribution in [-0.2, 0) is 64.1 Å². The molecule has 0 aliphatic carbocycles. The van der Waals surface area contributed by atoms with Crippen molar-refractivity contribution in [2.45, 2.75) is 110 Å². The van der Waals surface area contributed by atoms with Gasteiger partial charge in [-0.25, -0.2) is 8.78 Å². The summed E-state index contributed by atoms with van der Waals surface area (Å²) >= 11 is 0. The van der Waals surface area contributed by atoms with Crippen LogP contribution in [0, 0.1) is 17.0 Å². The highest BCUT2D eigenvalue weighted by Gasteiger charge is 2.39. The molecule has 25 nitrogen and oxygen atoms in total. The van der Waals surface area contributed by atoms with Crippen molar-refractivity contribution in [1.82, 2.24) is 51.6 Å². The Balaban J connectivity index is 1.69. The molecule has 2 aromatic carbocycles. The zero-order chi connectivity index (χ0) is 59.6. The van der Waals surface area contributed by atoms with E-state index in [0.717, 1.165) is 42.8 Å². The molecule has 1 aliphatic rings. The Kier molecular flexibility index (Phi) is 23.2. The molecule has 10 amide bonds. The molecular weight excluding hydrogens is 1050 g/mol. The number of rotatable bonds is 29. The summed E-state index contributed by atoms with van der Waals surface area (Å²) < 4.78 is 31.8. The van der Waals surface area contributed by atoms with E-state index in [-0.39, 0.29) is 17.7 Å². The Bertz CT molecular complexity index is 2840. The number of nitrogens with zero attached hydrogens (tertiary/aromatic N) is 3. The first kappa shape index (κ1) is 63.7. The summed E-state index contributed by atoms with van der Waals surface area (Å²) in [4.78, 5) is 155. The predicted molar refractivity (Wildman–Crippen MR) is 279 cm³/mol. The van der Waals surface area contributed by atoms with Gasteiger partial charge in [-0.3, -0.25) is 62.4 Å². The van der Waals surface area contributed by atoms with E-state index in [1.807, 2.05) is 12.1 Å². The minimum atomic E-state index is -1.92. The molecule has 0 saturated heterocycles. The summed E-state index contributed by atoms with van der Waals surface area (Å²) in [6, 6.07) is 4.76. The number of imide groups is 1. The van der Waals surface area contributed by atoms with Gasteiger partial charge in [-0.05, 0) is 61.9 Å². The Morgan fingerprint density at radius 3 is 1.82 bits per heavy atom. The van der Waals surface area contributed by atoms with Crippen LogP contribution in [0.1, 0.15) is 84.5 Å². The number of hydrogen-bond acceptors (Lipinski definition) is 13. The van der Waals surface area contributed by atoms with E-state index in [4.69, 9.17) is 0 Å². The Labute approximate surface area is 458 Å². The molecule has 80 heavy (non-hydrogen) atoms. The van der Waals surface area contributed by atoms with E-state index >= 15 is 4.39 Å². The maximum absolute atomic E-state index is 15.4. The molecule has 0 unspecified atom stereocenters. The minimum Gasteiger partial charge on any atom is -0.481 e. The van der Waals surface area contributed by atoms with E-state index in [9.17, 15) is 77.2 Å². The van der Waals surface area contributed by atoms with Crippen LogP contribution in [0.2, 0.25) is 0 Å². The van der Waals surface area contributed by atoms with Crippen LogP contribution in [0.5, 0.6) is 0 Å². The van der Waals surface area contributed by atoms with Gasteiger partial charge in [-0.2, -0.15) is 0 Å². The number of nitrogens with one attached hydrogen (secondary N) is 7. The average Bonchev–Trinajstić information content (AvgIpc) is 3.93. The van der Waals surface area contributed by atoms with E-state index in [0.29, 0.717) is 10.6 Å². The van der Waals surface area contributed by atoms with Crippen LogP contribution in [0.15, 0.2) is 72.9 Å². The van der Waals surface area contributed by atoms with Crippen LogP contribution < -0.4 is 37.2 Å². The van der Waals surface area contributed by atoms with Crippen molar-refractivity contribution in [2.24, 2.45) is 5.41 Å². The Morgan fingerprint density at radius 2 is 1.26 bits per heavy atom. The number of aliphatic carboxylic acids is 2. The molecule has 27 heteroatoms. The fourth-order valence-electron chi connectivity index (χ4n) is 8.49. The first-order chi connectivity index (χ1) is 37.6. The molecule has 3 aromatic rings. The SMILES string of the molecule is CC(=O)N[C@@H](C)C(=O)N[C@H](C)C(=O)N[C@@H](CC(=O)O)C(=O)N[C@@H](CCN(C(=O)CO)[C@@H](c1cc(-c2cc(F)ccc2F)cn1Cc1ccccc1)C(C)(C)C)C(=O)NCCNC(=O)[C@@H](CCC(=O)O)NC(=O)CN1C(=O)C=CC1=O. The van der Waals surface area contributed by atoms with Crippen LogP contribution in [0.25, 0.3) is 11.1 Å². The maximum Gasteiger partial charge on any atom is 0.305 e. The number of aromatic nitrogens is 1. The Morgan fingerprint density at radius 1 is 0.688 bits per heavy atom. The van der Waals surface area contributed by atoms with Gasteiger partial charge in [0.2, 0.25) is 47.3 Å². The predicted octanol–water partition coefficient (Wildman–Crippen LogP) is -0.240. The van der Waals surface area contributed by atoms with Crippen molar-refractivity contribution in [1.29, 1.82) is 0 Å². The fraction of sp³-hybridized carbons (Fsp3) is 0.434. The third-order valence-corrected chi connectivity index (χ3v) is 12.3. The highest BCUT2D eigenvalue weighted by Crippen LogP contribution is 2.41. The molecule has 432 valence electrons. The average molecular weight is 1120 g/mol. The molecule has 0 spiro atoms. The highest BCUT2D eigenvalue weighted by atomic mass is 19.1. The summed E-state index contributed by atoms with van der Waals surface area (Å²) in [5.74, 6) is -13.4. The van der Waals surface area contributed by atoms with Gasteiger partial charge in [-0.15, -0.1) is 0 Å². The van der Waals surface area contributed by atoms with Gasteiger partial charge in [-0.1, -0.05) is 51.1 Å². The lowest BCUT2D eigenvalue weighted by molar-refractivity contribution is -0.142. The number of hydrogen-bond donors (Lipinski definition) is 10. The van der Waals surface area contributed by atoms with E-state index in [1.165, 1.54) is 18.7 Å². The van der Waals surface area contributed by atoms with Crippen molar-refractivity contribution < 1.29 is 81.6 Å². The summed E-state index contributed by atoms with van der Waals surface area (Å²) in [5, 5.41) is 46.1. The molecule has 0 radical (unpaired) electrons. The number of carboxylic acids is 2. The van der Waals surface area contributed by atoms with Gasteiger partial charge in [0.05, 0.1) is 12.5 Å². The zero-order valence-corrected chi connectivity index (χ0v) is 44.8. The van der Waals surface area contributed by atoms with E-state index in [1.54, 1.807) is 55.8 Å². The van der Waals surface area contributed by atoms with Crippen molar-refractivity contribution in [2.75, 3.05) is 32.8 Å². The number of amides is 10. The minimum absolute atomic E-state index is 0.105. The molecule has 0 saturated carbocycles. The van der Waals surface area contributed by atoms with E-state index in [2.05, 4.69) is 37.2 Å². The smallest absolute Gasteiger partial charge is 0.305 e. The number of carboxylic acid groups (broad SMARTS) is 2. The standard InChI is InChI=1S/C53H66F2N10O15/c1-29(58-31(3)67)48(76)59-30(2)49(77)62-39(24-46(74)75)52(80)61-38(51(79)57-20-19-56-50(78)37(14-17-45(72)73)60-41(68)27-65-42(69)15-16-43(65)70)18-21-64(44(71)28-66)47(53(4,5)6)40-22-33(35-23-34(54)12-13-36(35)55)26-63(40)25-32-10-8-7-9-11-32/h7-13,15-16,22-23,26,29-30,37-39,47,66H,14,17-21,24-25,27-28H2,1-6H3,(H,56,78)(H,57,79)(H,58,67)(H,59,76)(H,60,68)(H,61,80)(H,62,77)(H,72,73)(H,74,75)/t29-,30+,37+,38-,39-,47-/m0/s1. The second kappa shape index (κ2) is 29.2. The van der Waals surface area contributed by atoms with Crippen molar-refractivity contribution in [3.05, 3.63) is 95.8 Å². The van der Waals surface area contributed by atoms with Crippen molar-refractivity contribution in [3.8, 4) is 11.1 Å². The first-order valence-electron chi connectivity index (χ1n) is 25.2. The normalized spacial score (nSPS) is 14.3. The monoisotopic (exact) mass is 1120 g/mol. The molecule has 1 aromatic heterocycles. The number of aliphatic hydroxyl groups excluding tert-OH is 1. The molecule has 6 atom stereocenters. The molecule has 0 fully saturated rings. The second-order valence-corrected chi connectivity index (χ2v) is 19.8. The zero-order valence-electron chi connectivity index (χ0n) is 44.8. The van der Waals surface area contributed by atoms with Crippen LogP contribution in [0.3, 0.4) is 0 Å². The summed E-state index contributed by atoms with van der Waals surface area (Å²) in [6.07, 6.45) is 0.822. The number of carbonyl (C=O) groups is 12. The molecule has 1 aliphatic heterocycles. The fourth-order valence-corrected chi connectivity index (χ4v) is 8.49. The second-order valence-electron chi connectivity index (χ2n) is 19.8. The van der Waals surface area contributed by atoms with Gasteiger partial charge < -0.3 is 62.0 Å².